The SMILES string of the molecule is Cc1csc(CO)c1S(=O)(=O)N1CCC2CCC(C1)N2C. The molecule has 2 aliphatic heterocycles. The predicted octanol–water partition coefficient (Wildman–Crippen LogP) is 1.41. The second kappa shape index (κ2) is 5.62. The van der Waals surface area contributed by atoms with Gasteiger partial charge in [-0.05, 0) is 44.2 Å². The van der Waals surface area contributed by atoms with E-state index in [9.17, 15) is 13.5 Å². The smallest absolute Gasteiger partial charge is 0.244 e. The van der Waals surface area contributed by atoms with Gasteiger partial charge in [0.25, 0.3) is 0 Å². The minimum Gasteiger partial charge on any atom is -0.391 e. The van der Waals surface area contributed by atoms with Crippen molar-refractivity contribution < 1.29 is 13.5 Å². The van der Waals surface area contributed by atoms with Gasteiger partial charge in [0, 0.05) is 25.2 Å². The fraction of sp³-hybridized carbons (Fsp3) is 0.714. The van der Waals surface area contributed by atoms with Crippen molar-refractivity contribution in [3.63, 3.8) is 0 Å². The summed E-state index contributed by atoms with van der Waals surface area (Å²) in [6, 6.07) is 0.833. The average molecular weight is 330 g/mol. The van der Waals surface area contributed by atoms with Crippen molar-refractivity contribution >= 4 is 21.4 Å². The van der Waals surface area contributed by atoms with E-state index in [0.29, 0.717) is 34.9 Å². The first-order valence-electron chi connectivity index (χ1n) is 7.35. The highest BCUT2D eigenvalue weighted by Gasteiger charge is 2.39. The number of rotatable bonds is 3. The van der Waals surface area contributed by atoms with Crippen LogP contribution in [0.4, 0.5) is 0 Å². The lowest BCUT2D eigenvalue weighted by atomic mass is 10.1. The number of nitrogens with zero attached hydrogens (tertiary/aromatic N) is 2. The zero-order valence-electron chi connectivity index (χ0n) is 12.4. The zero-order valence-corrected chi connectivity index (χ0v) is 14.1. The van der Waals surface area contributed by atoms with Crippen molar-refractivity contribution in [1.29, 1.82) is 0 Å². The summed E-state index contributed by atoms with van der Waals surface area (Å²) < 4.78 is 27.6. The molecule has 0 aliphatic carbocycles. The number of aliphatic hydroxyl groups is 1. The van der Waals surface area contributed by atoms with E-state index in [1.54, 1.807) is 11.2 Å². The lowest BCUT2D eigenvalue weighted by molar-refractivity contribution is 0.246. The Kier molecular flexibility index (Phi) is 4.13. The second-order valence-electron chi connectivity index (χ2n) is 6.03. The fourth-order valence-corrected chi connectivity index (χ4v) is 6.67. The number of aliphatic hydroxyl groups excluding tert-OH is 1. The molecule has 0 aromatic carbocycles. The van der Waals surface area contributed by atoms with Crippen molar-refractivity contribution in [2.45, 2.75) is 49.8 Å². The molecule has 1 aromatic heterocycles. The van der Waals surface area contributed by atoms with Gasteiger partial charge in [0.1, 0.15) is 4.90 Å². The molecule has 3 rings (SSSR count). The third-order valence-corrected chi connectivity index (χ3v) is 8.16. The third-order valence-electron chi connectivity index (χ3n) is 4.84. The maximum Gasteiger partial charge on any atom is 0.244 e. The summed E-state index contributed by atoms with van der Waals surface area (Å²) >= 11 is 1.32. The van der Waals surface area contributed by atoms with E-state index in [1.165, 1.54) is 17.8 Å². The van der Waals surface area contributed by atoms with Crippen molar-refractivity contribution in [2.24, 2.45) is 0 Å². The van der Waals surface area contributed by atoms with Gasteiger partial charge < -0.3 is 5.11 Å². The highest BCUT2D eigenvalue weighted by atomic mass is 32.2. The average Bonchev–Trinajstić information content (AvgIpc) is 2.90. The summed E-state index contributed by atoms with van der Waals surface area (Å²) in [5.74, 6) is 0. The van der Waals surface area contributed by atoms with E-state index < -0.39 is 10.0 Å². The second-order valence-corrected chi connectivity index (χ2v) is 8.87. The van der Waals surface area contributed by atoms with Gasteiger partial charge in [0.2, 0.25) is 10.0 Å². The first kappa shape index (κ1) is 15.4. The molecule has 5 nitrogen and oxygen atoms in total. The van der Waals surface area contributed by atoms with Gasteiger partial charge in [-0.15, -0.1) is 11.3 Å². The van der Waals surface area contributed by atoms with Gasteiger partial charge in [0.05, 0.1) is 11.5 Å². The van der Waals surface area contributed by atoms with Gasteiger partial charge in [-0.1, -0.05) is 0 Å². The number of thiophene rings is 1. The highest BCUT2D eigenvalue weighted by molar-refractivity contribution is 7.89. The van der Waals surface area contributed by atoms with E-state index in [4.69, 9.17) is 0 Å². The van der Waals surface area contributed by atoms with Crippen molar-refractivity contribution in [2.75, 3.05) is 20.1 Å². The summed E-state index contributed by atoms with van der Waals surface area (Å²) in [5, 5.41) is 11.2. The molecule has 2 bridgehead atoms. The summed E-state index contributed by atoms with van der Waals surface area (Å²) in [4.78, 5) is 3.22. The van der Waals surface area contributed by atoms with Crippen LogP contribution in [0.5, 0.6) is 0 Å². The molecule has 3 heterocycles. The first-order valence-corrected chi connectivity index (χ1v) is 9.67. The largest absolute Gasteiger partial charge is 0.391 e. The van der Waals surface area contributed by atoms with E-state index in [2.05, 4.69) is 11.9 Å². The number of fused-ring (bicyclic) bond motifs is 2. The lowest BCUT2D eigenvalue weighted by Crippen LogP contribution is -2.40. The number of likely N-dealkylation sites (N-methyl/N-ethyl adjacent to an activating group) is 1. The van der Waals surface area contributed by atoms with Crippen LogP contribution < -0.4 is 0 Å². The van der Waals surface area contributed by atoms with Gasteiger partial charge in [-0.25, -0.2) is 8.42 Å². The molecule has 0 saturated carbocycles. The Morgan fingerprint density at radius 1 is 1.33 bits per heavy atom. The van der Waals surface area contributed by atoms with Crippen molar-refractivity contribution in [3.8, 4) is 0 Å². The molecule has 2 fully saturated rings. The molecular formula is C14H22N2O3S2. The lowest BCUT2D eigenvalue weighted by Gasteiger charge is -2.25. The summed E-state index contributed by atoms with van der Waals surface area (Å²) in [7, 11) is -1.40. The molecule has 1 N–H and O–H groups in total. The van der Waals surface area contributed by atoms with Crippen LogP contribution in [0, 0.1) is 6.92 Å². The number of sulfonamides is 1. The number of hydrogen-bond acceptors (Lipinski definition) is 5. The van der Waals surface area contributed by atoms with Gasteiger partial charge in [0.15, 0.2) is 0 Å². The molecule has 7 heteroatoms. The maximum absolute atomic E-state index is 13.0. The fourth-order valence-electron chi connectivity index (χ4n) is 3.57. The van der Waals surface area contributed by atoms with Crippen LogP contribution in [-0.4, -0.2) is 55.0 Å². The Morgan fingerprint density at radius 2 is 2.05 bits per heavy atom. The first-order chi connectivity index (χ1) is 9.95. The Balaban J connectivity index is 1.93. The highest BCUT2D eigenvalue weighted by Crippen LogP contribution is 2.34. The number of hydrogen-bond donors (Lipinski definition) is 1. The van der Waals surface area contributed by atoms with Gasteiger partial charge in [-0.2, -0.15) is 4.31 Å². The molecule has 21 heavy (non-hydrogen) atoms. The molecule has 2 aliphatic rings. The van der Waals surface area contributed by atoms with E-state index in [1.807, 2.05) is 5.38 Å². The molecule has 118 valence electrons. The standard InChI is InChI=1S/C14H22N2O3S2/c1-10-9-20-13(8-17)14(10)21(18,19)16-6-5-11-3-4-12(7-16)15(11)2/h9,11-12,17H,3-8H2,1-2H3. The molecule has 2 atom stereocenters. The summed E-state index contributed by atoms with van der Waals surface area (Å²) in [5.41, 5.74) is 0.742. The molecule has 0 amide bonds. The quantitative estimate of drug-likeness (QED) is 0.910. The van der Waals surface area contributed by atoms with E-state index >= 15 is 0 Å². The van der Waals surface area contributed by atoms with Crippen LogP contribution in [0.1, 0.15) is 29.7 Å². The third kappa shape index (κ3) is 2.55. The molecule has 1 aromatic rings. The van der Waals surface area contributed by atoms with Gasteiger partial charge in [-0.3, -0.25) is 4.90 Å². The molecule has 2 unspecified atom stereocenters. The van der Waals surface area contributed by atoms with Crippen LogP contribution in [0.3, 0.4) is 0 Å². The van der Waals surface area contributed by atoms with E-state index in [-0.39, 0.29) is 6.61 Å². The predicted molar refractivity (Wildman–Crippen MR) is 82.9 cm³/mol. The molecule has 0 spiro atoms. The summed E-state index contributed by atoms with van der Waals surface area (Å²) in [6.07, 6.45) is 3.14. The van der Waals surface area contributed by atoms with E-state index in [0.717, 1.165) is 18.4 Å². The normalized spacial score (nSPS) is 28.0. The maximum atomic E-state index is 13.0. The minimum absolute atomic E-state index is 0.215. The van der Waals surface area contributed by atoms with Crippen LogP contribution in [0.2, 0.25) is 0 Å². The Hall–Kier alpha value is -0.470. The Bertz CT molecular complexity index is 626. The van der Waals surface area contributed by atoms with Crippen molar-refractivity contribution in [3.05, 3.63) is 15.8 Å². The molecule has 0 radical (unpaired) electrons. The zero-order chi connectivity index (χ0) is 15.2. The Labute approximate surface area is 130 Å². The number of aryl methyl sites for hydroxylation is 1. The van der Waals surface area contributed by atoms with Crippen LogP contribution >= 0.6 is 11.3 Å². The topological polar surface area (TPSA) is 60.9 Å². The van der Waals surface area contributed by atoms with Crippen LogP contribution in [0.15, 0.2) is 10.3 Å². The monoisotopic (exact) mass is 330 g/mol. The minimum atomic E-state index is -3.50. The Morgan fingerprint density at radius 3 is 2.76 bits per heavy atom. The van der Waals surface area contributed by atoms with Crippen LogP contribution in [-0.2, 0) is 16.6 Å². The van der Waals surface area contributed by atoms with Crippen molar-refractivity contribution in [1.82, 2.24) is 9.21 Å². The van der Waals surface area contributed by atoms with Gasteiger partial charge >= 0.3 is 0 Å². The summed E-state index contributed by atoms with van der Waals surface area (Å²) in [6.45, 7) is 2.73. The molecular weight excluding hydrogens is 308 g/mol. The van der Waals surface area contributed by atoms with Crippen LogP contribution in [0.25, 0.3) is 0 Å². The molecule has 2 saturated heterocycles.